The van der Waals surface area contributed by atoms with Crippen molar-refractivity contribution in [1.82, 2.24) is 5.32 Å². The molecule has 6 N–H and O–H groups in total. The van der Waals surface area contributed by atoms with E-state index in [1.165, 1.54) is 89.9 Å². The standard InChI is InChI=1S/C41H75NO8/c1-3-5-7-9-10-11-12-13-14-15-16-17-18-19-20-21-22-23-24-25-26-27-28-30-35(44)34(42-37(45)31-29-8-6-4-2)33-49-41-40(48)39(47)38(46)36(32-43)50-41/h20-21,24-25,28,30,34-36,38-41,43-44,46-48H,3-19,22-23,26-27,29,31-33H2,1-2H3,(H,42,45)/b21-20+,25-24+,30-28+. The number of hydrogen-bond acceptors (Lipinski definition) is 8. The Labute approximate surface area is 304 Å². The van der Waals surface area contributed by atoms with E-state index in [9.17, 15) is 30.3 Å². The summed E-state index contributed by atoms with van der Waals surface area (Å²) >= 11 is 0. The van der Waals surface area contributed by atoms with E-state index in [1.807, 2.05) is 6.08 Å². The van der Waals surface area contributed by atoms with Crippen LogP contribution in [0, 0.1) is 0 Å². The highest BCUT2D eigenvalue weighted by Crippen LogP contribution is 2.22. The van der Waals surface area contributed by atoms with Gasteiger partial charge in [0.15, 0.2) is 6.29 Å². The van der Waals surface area contributed by atoms with E-state index in [4.69, 9.17) is 9.47 Å². The van der Waals surface area contributed by atoms with Crippen LogP contribution in [0.1, 0.15) is 162 Å². The molecule has 50 heavy (non-hydrogen) atoms. The highest BCUT2D eigenvalue weighted by Gasteiger charge is 2.44. The summed E-state index contributed by atoms with van der Waals surface area (Å²) in [6, 6.07) is -0.820. The molecule has 0 aromatic rings. The van der Waals surface area contributed by atoms with Crippen molar-refractivity contribution < 1.29 is 39.8 Å². The molecule has 7 atom stereocenters. The van der Waals surface area contributed by atoms with Crippen LogP contribution in [-0.2, 0) is 14.3 Å². The third kappa shape index (κ3) is 23.1. The van der Waals surface area contributed by atoms with Gasteiger partial charge in [-0.05, 0) is 44.9 Å². The first-order chi connectivity index (χ1) is 24.3. The van der Waals surface area contributed by atoms with E-state index in [1.54, 1.807) is 6.08 Å². The Kier molecular flexibility index (Phi) is 29.8. The van der Waals surface area contributed by atoms with E-state index in [0.717, 1.165) is 51.4 Å². The van der Waals surface area contributed by atoms with Gasteiger partial charge in [-0.1, -0.05) is 147 Å². The van der Waals surface area contributed by atoms with Crippen molar-refractivity contribution in [2.75, 3.05) is 13.2 Å². The fraction of sp³-hybridized carbons (Fsp3) is 0.829. The maximum Gasteiger partial charge on any atom is 0.220 e. The number of amides is 1. The summed E-state index contributed by atoms with van der Waals surface area (Å²) in [6.45, 7) is 3.60. The molecule has 0 spiro atoms. The molecule has 1 amide bonds. The zero-order chi connectivity index (χ0) is 36.7. The second-order valence-corrected chi connectivity index (χ2v) is 14.1. The number of carbonyl (C=O) groups excluding carboxylic acids is 1. The molecular weight excluding hydrogens is 634 g/mol. The van der Waals surface area contributed by atoms with E-state index >= 15 is 0 Å². The molecule has 0 bridgehead atoms. The van der Waals surface area contributed by atoms with E-state index in [2.05, 4.69) is 43.5 Å². The van der Waals surface area contributed by atoms with Gasteiger partial charge in [-0.3, -0.25) is 4.79 Å². The van der Waals surface area contributed by atoms with Gasteiger partial charge >= 0.3 is 0 Å². The van der Waals surface area contributed by atoms with Crippen molar-refractivity contribution in [2.45, 2.75) is 204 Å². The molecule has 9 heteroatoms. The second-order valence-electron chi connectivity index (χ2n) is 14.1. The summed E-state index contributed by atoms with van der Waals surface area (Å²) in [5.74, 6) is -0.211. The van der Waals surface area contributed by atoms with Crippen molar-refractivity contribution in [3.8, 4) is 0 Å². The van der Waals surface area contributed by atoms with Crippen LogP contribution in [0.15, 0.2) is 36.5 Å². The minimum Gasteiger partial charge on any atom is -0.394 e. The third-order valence-electron chi connectivity index (χ3n) is 9.45. The lowest BCUT2D eigenvalue weighted by molar-refractivity contribution is -0.302. The zero-order valence-electron chi connectivity index (χ0n) is 31.6. The summed E-state index contributed by atoms with van der Waals surface area (Å²) in [6.07, 6.45) is 31.2. The molecule has 1 heterocycles. The smallest absolute Gasteiger partial charge is 0.220 e. The van der Waals surface area contributed by atoms with Crippen LogP contribution >= 0.6 is 0 Å². The van der Waals surface area contributed by atoms with Gasteiger partial charge < -0.3 is 40.3 Å². The monoisotopic (exact) mass is 710 g/mol. The lowest BCUT2D eigenvalue weighted by Crippen LogP contribution is -2.60. The van der Waals surface area contributed by atoms with Crippen LogP contribution in [0.25, 0.3) is 0 Å². The highest BCUT2D eigenvalue weighted by molar-refractivity contribution is 5.76. The average Bonchev–Trinajstić information content (AvgIpc) is 3.11. The zero-order valence-corrected chi connectivity index (χ0v) is 31.6. The van der Waals surface area contributed by atoms with E-state index in [0.29, 0.717) is 6.42 Å². The molecule has 1 aliphatic heterocycles. The lowest BCUT2D eigenvalue weighted by atomic mass is 9.99. The molecule has 7 unspecified atom stereocenters. The minimum absolute atomic E-state index is 0.207. The summed E-state index contributed by atoms with van der Waals surface area (Å²) in [4.78, 5) is 12.6. The molecule has 0 radical (unpaired) electrons. The molecule has 0 aliphatic carbocycles. The van der Waals surface area contributed by atoms with E-state index in [-0.39, 0.29) is 12.5 Å². The Morgan fingerprint density at radius 3 is 1.68 bits per heavy atom. The van der Waals surface area contributed by atoms with Crippen LogP contribution < -0.4 is 5.32 Å². The fourth-order valence-electron chi connectivity index (χ4n) is 6.13. The fourth-order valence-corrected chi connectivity index (χ4v) is 6.13. The molecule has 1 fully saturated rings. The number of carbonyl (C=O) groups is 1. The van der Waals surface area contributed by atoms with Gasteiger partial charge in [-0.15, -0.1) is 0 Å². The van der Waals surface area contributed by atoms with E-state index < -0.39 is 49.5 Å². The number of nitrogens with one attached hydrogen (secondary N) is 1. The largest absolute Gasteiger partial charge is 0.394 e. The first kappa shape index (κ1) is 46.4. The van der Waals surface area contributed by atoms with Crippen molar-refractivity contribution in [3.63, 3.8) is 0 Å². The number of allylic oxidation sites excluding steroid dienone is 5. The summed E-state index contributed by atoms with van der Waals surface area (Å²) in [5, 5.41) is 53.5. The van der Waals surface area contributed by atoms with Gasteiger partial charge in [0.25, 0.3) is 0 Å². The second kappa shape index (κ2) is 32.1. The topological polar surface area (TPSA) is 149 Å². The highest BCUT2D eigenvalue weighted by atomic mass is 16.7. The predicted octanol–water partition coefficient (Wildman–Crippen LogP) is 7.33. The first-order valence-electron chi connectivity index (χ1n) is 20.2. The molecule has 1 rings (SSSR count). The number of ether oxygens (including phenoxy) is 2. The molecule has 1 saturated heterocycles. The number of unbranched alkanes of at least 4 members (excludes halogenated alkanes) is 18. The molecule has 0 aromatic heterocycles. The molecule has 9 nitrogen and oxygen atoms in total. The van der Waals surface area contributed by atoms with Crippen molar-refractivity contribution in [3.05, 3.63) is 36.5 Å². The maximum absolute atomic E-state index is 12.6. The Balaban J connectivity index is 2.28. The first-order valence-corrected chi connectivity index (χ1v) is 20.2. The number of hydrogen-bond donors (Lipinski definition) is 6. The Bertz CT molecular complexity index is 879. The Hall–Kier alpha value is -1.59. The van der Waals surface area contributed by atoms with Crippen LogP contribution in [0.3, 0.4) is 0 Å². The van der Waals surface area contributed by atoms with Gasteiger partial charge in [0.1, 0.15) is 24.4 Å². The molecule has 0 saturated carbocycles. The van der Waals surface area contributed by atoms with Gasteiger partial charge in [-0.25, -0.2) is 0 Å². The SMILES string of the molecule is CCCCCCCCCCCCCCC/C=C/CC/C=C/CC/C=C/C(O)C(COC1OC(CO)C(O)C(O)C1O)NC(=O)CCCCCC. The molecular formula is C41H75NO8. The van der Waals surface area contributed by atoms with Crippen molar-refractivity contribution >= 4 is 5.91 Å². The number of aliphatic hydroxyl groups excluding tert-OH is 5. The van der Waals surface area contributed by atoms with Crippen LogP contribution in [0.4, 0.5) is 0 Å². The average molecular weight is 710 g/mol. The van der Waals surface area contributed by atoms with Gasteiger partial charge in [0.05, 0.1) is 25.4 Å². The summed E-state index contributed by atoms with van der Waals surface area (Å²) < 4.78 is 11.1. The molecule has 0 aromatic carbocycles. The Morgan fingerprint density at radius 1 is 0.660 bits per heavy atom. The van der Waals surface area contributed by atoms with Gasteiger partial charge in [0.2, 0.25) is 5.91 Å². The van der Waals surface area contributed by atoms with Gasteiger partial charge in [0, 0.05) is 6.42 Å². The van der Waals surface area contributed by atoms with Crippen molar-refractivity contribution in [2.24, 2.45) is 0 Å². The number of aliphatic hydroxyl groups is 5. The number of rotatable bonds is 32. The molecule has 1 aliphatic rings. The van der Waals surface area contributed by atoms with Crippen molar-refractivity contribution in [1.29, 1.82) is 0 Å². The Morgan fingerprint density at radius 2 is 1.14 bits per heavy atom. The minimum atomic E-state index is -1.57. The summed E-state index contributed by atoms with van der Waals surface area (Å²) in [7, 11) is 0. The molecule has 292 valence electrons. The normalized spacial score (nSPS) is 22.6. The third-order valence-corrected chi connectivity index (χ3v) is 9.45. The lowest BCUT2D eigenvalue weighted by Gasteiger charge is -2.40. The van der Waals surface area contributed by atoms with Crippen LogP contribution in [-0.4, -0.2) is 87.5 Å². The van der Waals surface area contributed by atoms with Crippen LogP contribution in [0.5, 0.6) is 0 Å². The quantitative estimate of drug-likeness (QED) is 0.0314. The maximum atomic E-state index is 12.6. The van der Waals surface area contributed by atoms with Crippen LogP contribution in [0.2, 0.25) is 0 Å². The predicted molar refractivity (Wildman–Crippen MR) is 203 cm³/mol. The van der Waals surface area contributed by atoms with Gasteiger partial charge in [-0.2, -0.15) is 0 Å². The summed E-state index contributed by atoms with van der Waals surface area (Å²) in [5.41, 5.74) is 0.